The second kappa shape index (κ2) is 11.3. The van der Waals surface area contributed by atoms with Gasteiger partial charge < -0.3 is 19.9 Å². The number of hydrogen-bond acceptors (Lipinski definition) is 5. The van der Waals surface area contributed by atoms with Gasteiger partial charge in [-0.3, -0.25) is 9.69 Å². The number of methoxy groups -OCH3 is 2. The highest BCUT2D eigenvalue weighted by molar-refractivity contribution is 5.80. The summed E-state index contributed by atoms with van der Waals surface area (Å²) in [7, 11) is 3.27. The molecule has 1 heterocycles. The summed E-state index contributed by atoms with van der Waals surface area (Å²) in [6.45, 7) is 3.89. The van der Waals surface area contributed by atoms with Crippen LogP contribution in [0.3, 0.4) is 0 Å². The first-order chi connectivity index (χ1) is 17.0. The fourth-order valence-electron chi connectivity index (χ4n) is 4.84. The van der Waals surface area contributed by atoms with E-state index in [4.69, 9.17) is 19.9 Å². The zero-order valence-corrected chi connectivity index (χ0v) is 20.8. The molecule has 1 saturated heterocycles. The van der Waals surface area contributed by atoms with Gasteiger partial charge in [0.1, 0.15) is 23.9 Å². The quantitative estimate of drug-likeness (QED) is 0.467. The number of nitrogens with two attached hydrogens (primary N) is 1. The maximum atomic E-state index is 12.0. The molecule has 1 aliphatic rings. The van der Waals surface area contributed by atoms with E-state index in [0.29, 0.717) is 30.4 Å². The molecule has 0 spiro atoms. The van der Waals surface area contributed by atoms with E-state index < -0.39 is 0 Å². The van der Waals surface area contributed by atoms with Crippen molar-refractivity contribution in [3.8, 4) is 28.4 Å². The number of likely N-dealkylation sites (tertiary alicyclic amines) is 1. The molecule has 3 aromatic rings. The third-order valence-corrected chi connectivity index (χ3v) is 6.81. The van der Waals surface area contributed by atoms with Crippen LogP contribution in [0.1, 0.15) is 36.0 Å². The highest BCUT2D eigenvalue weighted by Gasteiger charge is 2.29. The molecular formula is C29H34N2O4. The van der Waals surface area contributed by atoms with Crippen molar-refractivity contribution in [3.05, 3.63) is 77.4 Å². The second-order valence-electron chi connectivity index (χ2n) is 8.94. The SMILES string of the molecule is COc1cc(OCc2cccc(-c3ccccc3)c2C)cc(OC)c1CN1CCCC[C@H]1C(N)=O. The minimum Gasteiger partial charge on any atom is -0.496 e. The molecule has 35 heavy (non-hydrogen) atoms. The van der Waals surface area contributed by atoms with Crippen LogP contribution in [0.15, 0.2) is 60.7 Å². The van der Waals surface area contributed by atoms with Crippen molar-refractivity contribution in [3.63, 3.8) is 0 Å². The van der Waals surface area contributed by atoms with Crippen LogP contribution >= 0.6 is 0 Å². The van der Waals surface area contributed by atoms with Crippen LogP contribution < -0.4 is 19.9 Å². The van der Waals surface area contributed by atoms with Gasteiger partial charge in [-0.2, -0.15) is 0 Å². The number of piperidine rings is 1. The monoisotopic (exact) mass is 474 g/mol. The summed E-state index contributed by atoms with van der Waals surface area (Å²) in [4.78, 5) is 14.1. The average Bonchev–Trinajstić information content (AvgIpc) is 2.89. The lowest BCUT2D eigenvalue weighted by Gasteiger charge is -2.34. The Hall–Kier alpha value is -3.51. The predicted molar refractivity (Wildman–Crippen MR) is 138 cm³/mol. The Morgan fingerprint density at radius 3 is 2.37 bits per heavy atom. The molecule has 0 saturated carbocycles. The number of nitrogens with zero attached hydrogens (tertiary/aromatic N) is 1. The Morgan fingerprint density at radius 1 is 1.00 bits per heavy atom. The van der Waals surface area contributed by atoms with Crippen molar-refractivity contribution in [1.82, 2.24) is 4.90 Å². The highest BCUT2D eigenvalue weighted by atomic mass is 16.5. The molecule has 0 aliphatic carbocycles. The molecule has 184 valence electrons. The topological polar surface area (TPSA) is 74.0 Å². The molecule has 6 nitrogen and oxygen atoms in total. The lowest BCUT2D eigenvalue weighted by Crippen LogP contribution is -2.47. The third-order valence-electron chi connectivity index (χ3n) is 6.81. The van der Waals surface area contributed by atoms with Crippen molar-refractivity contribution in [2.24, 2.45) is 5.73 Å². The largest absolute Gasteiger partial charge is 0.496 e. The van der Waals surface area contributed by atoms with Gasteiger partial charge in [0.2, 0.25) is 5.91 Å². The van der Waals surface area contributed by atoms with Crippen LogP contribution in [0, 0.1) is 6.92 Å². The highest BCUT2D eigenvalue weighted by Crippen LogP contribution is 2.37. The van der Waals surface area contributed by atoms with Crippen LogP contribution in [-0.2, 0) is 17.9 Å². The Balaban J connectivity index is 1.55. The number of carbonyl (C=O) groups is 1. The molecule has 0 bridgehead atoms. The van der Waals surface area contributed by atoms with Crippen molar-refractivity contribution in [1.29, 1.82) is 0 Å². The summed E-state index contributed by atoms with van der Waals surface area (Å²) >= 11 is 0. The Labute approximate surface area is 207 Å². The van der Waals surface area contributed by atoms with E-state index in [1.807, 2.05) is 30.3 Å². The molecule has 6 heteroatoms. The summed E-state index contributed by atoms with van der Waals surface area (Å²) < 4.78 is 17.6. The number of primary amides is 1. The molecule has 1 aliphatic heterocycles. The van der Waals surface area contributed by atoms with E-state index >= 15 is 0 Å². The van der Waals surface area contributed by atoms with E-state index in [1.165, 1.54) is 16.7 Å². The van der Waals surface area contributed by atoms with Gasteiger partial charge in [0, 0.05) is 18.7 Å². The molecule has 1 atom stereocenters. The Morgan fingerprint density at radius 2 is 1.71 bits per heavy atom. The first-order valence-electron chi connectivity index (χ1n) is 12.1. The van der Waals surface area contributed by atoms with Gasteiger partial charge in [0.15, 0.2) is 0 Å². The molecule has 0 radical (unpaired) electrons. The standard InChI is InChI=1S/C29H34N2O4/c1-20-22(12-9-13-24(20)21-10-5-4-6-11-21)19-35-23-16-27(33-2)25(28(17-23)34-3)18-31-15-8-7-14-26(31)29(30)32/h4-6,9-13,16-17,26H,7-8,14-15,18-19H2,1-3H3,(H2,30,32)/t26-/m0/s1. The van der Waals surface area contributed by atoms with E-state index in [1.54, 1.807) is 14.2 Å². The zero-order chi connectivity index (χ0) is 24.8. The van der Waals surface area contributed by atoms with E-state index in [-0.39, 0.29) is 11.9 Å². The van der Waals surface area contributed by atoms with Crippen LogP contribution in [-0.4, -0.2) is 37.6 Å². The number of amides is 1. The summed E-state index contributed by atoms with van der Waals surface area (Å²) in [5.74, 6) is 1.72. The fourth-order valence-corrected chi connectivity index (χ4v) is 4.84. The Kier molecular flexibility index (Phi) is 7.93. The maximum Gasteiger partial charge on any atom is 0.234 e. The van der Waals surface area contributed by atoms with Gasteiger partial charge in [0.25, 0.3) is 0 Å². The molecule has 4 rings (SSSR count). The lowest BCUT2D eigenvalue weighted by molar-refractivity contribution is -0.124. The minimum absolute atomic E-state index is 0.269. The summed E-state index contributed by atoms with van der Waals surface area (Å²) in [6.07, 6.45) is 2.83. The van der Waals surface area contributed by atoms with Gasteiger partial charge in [-0.15, -0.1) is 0 Å². The van der Waals surface area contributed by atoms with Crippen molar-refractivity contribution >= 4 is 5.91 Å². The number of hydrogen-bond donors (Lipinski definition) is 1. The van der Waals surface area contributed by atoms with Gasteiger partial charge in [-0.1, -0.05) is 55.0 Å². The van der Waals surface area contributed by atoms with E-state index in [2.05, 4.69) is 42.2 Å². The number of benzene rings is 3. The molecular weight excluding hydrogens is 440 g/mol. The van der Waals surface area contributed by atoms with Gasteiger partial charge in [-0.05, 0) is 48.6 Å². The van der Waals surface area contributed by atoms with Gasteiger partial charge in [0.05, 0.1) is 25.8 Å². The molecule has 0 aromatic heterocycles. The van der Waals surface area contributed by atoms with Crippen LogP contribution in [0.5, 0.6) is 17.2 Å². The van der Waals surface area contributed by atoms with Gasteiger partial charge in [-0.25, -0.2) is 0 Å². The third kappa shape index (κ3) is 5.60. The van der Waals surface area contributed by atoms with Gasteiger partial charge >= 0.3 is 0 Å². The molecule has 1 fully saturated rings. The normalized spacial score (nSPS) is 16.0. The van der Waals surface area contributed by atoms with Crippen molar-refractivity contribution in [2.45, 2.75) is 45.4 Å². The van der Waals surface area contributed by atoms with E-state index in [9.17, 15) is 4.79 Å². The summed E-state index contributed by atoms with van der Waals surface area (Å²) in [5, 5.41) is 0. The van der Waals surface area contributed by atoms with Crippen molar-refractivity contribution in [2.75, 3.05) is 20.8 Å². The van der Waals surface area contributed by atoms with Crippen LogP contribution in [0.4, 0.5) is 0 Å². The smallest absolute Gasteiger partial charge is 0.234 e. The first-order valence-corrected chi connectivity index (χ1v) is 12.1. The lowest BCUT2D eigenvalue weighted by atomic mass is 9.97. The number of carbonyl (C=O) groups excluding carboxylic acids is 1. The minimum atomic E-state index is -0.282. The number of ether oxygens (including phenoxy) is 3. The maximum absolute atomic E-state index is 12.0. The Bertz CT molecular complexity index is 1140. The second-order valence-corrected chi connectivity index (χ2v) is 8.94. The summed E-state index contributed by atoms with van der Waals surface area (Å²) in [5.41, 5.74) is 11.2. The molecule has 1 amide bonds. The average molecular weight is 475 g/mol. The number of rotatable bonds is 9. The molecule has 3 aromatic carbocycles. The van der Waals surface area contributed by atoms with E-state index in [0.717, 1.165) is 36.9 Å². The summed E-state index contributed by atoms with van der Waals surface area (Å²) in [6, 6.07) is 20.1. The predicted octanol–water partition coefficient (Wildman–Crippen LogP) is 5.10. The first kappa shape index (κ1) is 24.6. The molecule has 0 unspecified atom stereocenters. The fraction of sp³-hybridized carbons (Fsp3) is 0.345. The van der Waals surface area contributed by atoms with Crippen molar-refractivity contribution < 1.29 is 19.0 Å². The molecule has 2 N–H and O–H groups in total. The van der Waals surface area contributed by atoms with Crippen LogP contribution in [0.25, 0.3) is 11.1 Å². The van der Waals surface area contributed by atoms with Crippen LogP contribution in [0.2, 0.25) is 0 Å². The zero-order valence-electron chi connectivity index (χ0n) is 20.8.